The van der Waals surface area contributed by atoms with Crippen LogP contribution in [-0.4, -0.2) is 16.2 Å². The van der Waals surface area contributed by atoms with E-state index in [1.54, 1.807) is 17.8 Å². The van der Waals surface area contributed by atoms with E-state index in [2.05, 4.69) is 4.98 Å². The standard InChI is InChI=1S/C17H12ClFN2O3S/c1-25-13-4-2-10-6-11(17(18)20-14(10)8-13)9-24-16-7-12(19)3-5-15(16)21(22)23/h2-8H,9H2,1H3. The zero-order valence-corrected chi connectivity index (χ0v) is 14.6. The normalized spacial score (nSPS) is 10.8. The van der Waals surface area contributed by atoms with E-state index in [-0.39, 0.29) is 23.2 Å². The third kappa shape index (κ3) is 3.83. The first-order chi connectivity index (χ1) is 12.0. The van der Waals surface area contributed by atoms with Crippen molar-refractivity contribution in [3.8, 4) is 5.75 Å². The van der Waals surface area contributed by atoms with Crippen LogP contribution in [0.2, 0.25) is 5.15 Å². The second-order valence-corrected chi connectivity index (χ2v) is 6.39. The van der Waals surface area contributed by atoms with Crippen molar-refractivity contribution >= 4 is 40.0 Å². The molecule has 3 rings (SSSR count). The van der Waals surface area contributed by atoms with Gasteiger partial charge in [-0.25, -0.2) is 9.37 Å². The number of ether oxygens (including phenoxy) is 1. The summed E-state index contributed by atoms with van der Waals surface area (Å²) in [5, 5.41) is 12.1. The number of halogens is 2. The molecule has 0 N–H and O–H groups in total. The predicted molar refractivity (Wildman–Crippen MR) is 95.9 cm³/mol. The molecular formula is C17H12ClFN2O3S. The molecule has 0 spiro atoms. The first-order valence-electron chi connectivity index (χ1n) is 7.18. The van der Waals surface area contributed by atoms with Crippen molar-refractivity contribution in [1.29, 1.82) is 0 Å². The van der Waals surface area contributed by atoms with Gasteiger partial charge in [-0.3, -0.25) is 10.1 Å². The molecule has 0 unspecified atom stereocenters. The van der Waals surface area contributed by atoms with Gasteiger partial charge >= 0.3 is 5.69 Å². The molecule has 0 aliphatic heterocycles. The molecule has 5 nitrogen and oxygen atoms in total. The van der Waals surface area contributed by atoms with Crippen molar-refractivity contribution < 1.29 is 14.1 Å². The van der Waals surface area contributed by atoms with Gasteiger partial charge in [0.2, 0.25) is 0 Å². The van der Waals surface area contributed by atoms with Crippen LogP contribution in [0, 0.1) is 15.9 Å². The number of aromatic nitrogens is 1. The monoisotopic (exact) mass is 378 g/mol. The third-order valence-corrected chi connectivity index (χ3v) is 4.61. The second kappa shape index (κ2) is 7.25. The minimum absolute atomic E-state index is 0.0592. The highest BCUT2D eigenvalue weighted by molar-refractivity contribution is 7.98. The van der Waals surface area contributed by atoms with Gasteiger partial charge in [0, 0.05) is 28.0 Å². The fourth-order valence-electron chi connectivity index (χ4n) is 2.31. The maximum Gasteiger partial charge on any atom is 0.311 e. The lowest BCUT2D eigenvalue weighted by Crippen LogP contribution is -2.01. The van der Waals surface area contributed by atoms with Gasteiger partial charge in [-0.15, -0.1) is 11.8 Å². The molecule has 0 atom stereocenters. The highest BCUT2D eigenvalue weighted by Crippen LogP contribution is 2.30. The van der Waals surface area contributed by atoms with Crippen LogP contribution in [0.5, 0.6) is 5.75 Å². The zero-order valence-electron chi connectivity index (χ0n) is 13.0. The van der Waals surface area contributed by atoms with E-state index in [1.165, 1.54) is 0 Å². The Morgan fingerprint density at radius 3 is 2.80 bits per heavy atom. The molecular weight excluding hydrogens is 367 g/mol. The van der Waals surface area contributed by atoms with Gasteiger partial charge in [-0.05, 0) is 30.5 Å². The van der Waals surface area contributed by atoms with Gasteiger partial charge in [-0.1, -0.05) is 17.7 Å². The quantitative estimate of drug-likeness (QED) is 0.263. The molecule has 2 aromatic carbocycles. The molecule has 0 amide bonds. The first-order valence-corrected chi connectivity index (χ1v) is 8.78. The van der Waals surface area contributed by atoms with Crippen LogP contribution in [-0.2, 0) is 6.61 Å². The fraction of sp³-hybridized carbons (Fsp3) is 0.118. The molecule has 0 aliphatic rings. The lowest BCUT2D eigenvalue weighted by atomic mass is 10.1. The average Bonchev–Trinajstić information content (AvgIpc) is 2.59. The molecule has 0 saturated carbocycles. The molecule has 25 heavy (non-hydrogen) atoms. The Labute approximate surface area is 151 Å². The van der Waals surface area contributed by atoms with Gasteiger partial charge in [0.1, 0.15) is 17.6 Å². The zero-order chi connectivity index (χ0) is 18.0. The lowest BCUT2D eigenvalue weighted by Gasteiger charge is -2.09. The molecule has 1 heterocycles. The number of pyridine rings is 1. The van der Waals surface area contributed by atoms with Crippen LogP contribution in [0.1, 0.15) is 5.56 Å². The Morgan fingerprint density at radius 2 is 2.08 bits per heavy atom. The Kier molecular flexibility index (Phi) is 5.06. The largest absolute Gasteiger partial charge is 0.482 e. The summed E-state index contributed by atoms with van der Waals surface area (Å²) in [5.74, 6) is -0.771. The molecule has 0 radical (unpaired) electrons. The summed E-state index contributed by atoms with van der Waals surface area (Å²) in [4.78, 5) is 15.8. The third-order valence-electron chi connectivity index (χ3n) is 3.55. The van der Waals surface area contributed by atoms with Crippen molar-refractivity contribution in [2.75, 3.05) is 6.26 Å². The van der Waals surface area contributed by atoms with Crippen molar-refractivity contribution in [1.82, 2.24) is 4.98 Å². The van der Waals surface area contributed by atoms with Gasteiger partial charge in [0.15, 0.2) is 5.75 Å². The Hall–Kier alpha value is -2.38. The number of fused-ring (bicyclic) bond motifs is 1. The highest BCUT2D eigenvalue weighted by atomic mass is 35.5. The van der Waals surface area contributed by atoms with E-state index in [4.69, 9.17) is 16.3 Å². The summed E-state index contributed by atoms with van der Waals surface area (Å²) < 4.78 is 18.8. The van der Waals surface area contributed by atoms with Crippen LogP contribution in [0.15, 0.2) is 47.4 Å². The fourth-order valence-corrected chi connectivity index (χ4v) is 2.94. The summed E-state index contributed by atoms with van der Waals surface area (Å²) >= 11 is 7.79. The Morgan fingerprint density at radius 1 is 1.28 bits per heavy atom. The van der Waals surface area contributed by atoms with Crippen molar-refractivity contribution in [3.63, 3.8) is 0 Å². The summed E-state index contributed by atoms with van der Waals surface area (Å²) in [6.45, 7) is -0.0592. The Bertz CT molecular complexity index is 968. The summed E-state index contributed by atoms with van der Waals surface area (Å²) in [5.41, 5.74) is 0.998. The number of benzene rings is 2. The number of nitrogens with zero attached hydrogens (tertiary/aromatic N) is 2. The van der Waals surface area contributed by atoms with E-state index < -0.39 is 10.7 Å². The number of hydrogen-bond acceptors (Lipinski definition) is 5. The SMILES string of the molecule is CSc1ccc2cc(COc3cc(F)ccc3[N+](=O)[O-])c(Cl)nc2c1. The Balaban J connectivity index is 1.90. The lowest BCUT2D eigenvalue weighted by molar-refractivity contribution is -0.386. The molecule has 0 saturated heterocycles. The maximum absolute atomic E-state index is 13.4. The number of hydrogen-bond donors (Lipinski definition) is 0. The molecule has 128 valence electrons. The van der Waals surface area contributed by atoms with Crippen LogP contribution in [0.25, 0.3) is 10.9 Å². The van der Waals surface area contributed by atoms with Gasteiger partial charge < -0.3 is 4.74 Å². The van der Waals surface area contributed by atoms with Crippen LogP contribution in [0.4, 0.5) is 10.1 Å². The summed E-state index contributed by atoms with van der Waals surface area (Å²) in [7, 11) is 0. The number of nitro benzene ring substituents is 1. The smallest absolute Gasteiger partial charge is 0.311 e. The molecule has 0 aliphatic carbocycles. The second-order valence-electron chi connectivity index (χ2n) is 5.15. The summed E-state index contributed by atoms with van der Waals surface area (Å²) in [6.07, 6.45) is 1.97. The highest BCUT2D eigenvalue weighted by Gasteiger charge is 2.17. The van der Waals surface area contributed by atoms with Gasteiger partial charge in [0.25, 0.3) is 0 Å². The number of nitro groups is 1. The number of rotatable bonds is 5. The topological polar surface area (TPSA) is 65.3 Å². The van der Waals surface area contributed by atoms with Crippen LogP contribution >= 0.6 is 23.4 Å². The van der Waals surface area contributed by atoms with E-state index in [0.29, 0.717) is 5.56 Å². The van der Waals surface area contributed by atoms with E-state index in [1.807, 2.05) is 24.5 Å². The molecule has 8 heteroatoms. The van der Waals surface area contributed by atoms with Crippen molar-refractivity contribution in [3.05, 3.63) is 69.1 Å². The van der Waals surface area contributed by atoms with Gasteiger partial charge in [0.05, 0.1) is 10.4 Å². The molecule has 1 aromatic heterocycles. The molecule has 0 bridgehead atoms. The maximum atomic E-state index is 13.4. The van der Waals surface area contributed by atoms with Crippen LogP contribution in [0.3, 0.4) is 0 Å². The molecule has 3 aromatic rings. The van der Waals surface area contributed by atoms with Crippen LogP contribution < -0.4 is 4.74 Å². The predicted octanol–water partition coefficient (Wildman–Crippen LogP) is 5.24. The summed E-state index contributed by atoms with van der Waals surface area (Å²) in [6, 6.07) is 10.7. The van der Waals surface area contributed by atoms with E-state index in [0.717, 1.165) is 34.0 Å². The first kappa shape index (κ1) is 17.4. The average molecular weight is 379 g/mol. The van der Waals surface area contributed by atoms with Crippen molar-refractivity contribution in [2.45, 2.75) is 11.5 Å². The molecule has 0 fully saturated rings. The van der Waals surface area contributed by atoms with E-state index in [9.17, 15) is 14.5 Å². The number of thioether (sulfide) groups is 1. The van der Waals surface area contributed by atoms with E-state index >= 15 is 0 Å². The van der Waals surface area contributed by atoms with Crippen molar-refractivity contribution in [2.24, 2.45) is 0 Å². The minimum atomic E-state index is -0.626. The van der Waals surface area contributed by atoms with Gasteiger partial charge in [-0.2, -0.15) is 0 Å². The minimum Gasteiger partial charge on any atom is -0.482 e.